The molecule has 3 rings (SSSR count). The van der Waals surface area contributed by atoms with E-state index in [2.05, 4.69) is 51.6 Å². The number of rotatable bonds is 1. The maximum atomic E-state index is 11.4. The Hall–Kier alpha value is -2.21. The van der Waals surface area contributed by atoms with Crippen molar-refractivity contribution in [1.82, 2.24) is 14.6 Å². The van der Waals surface area contributed by atoms with Gasteiger partial charge in [-0.05, 0) is 23.0 Å². The van der Waals surface area contributed by atoms with Crippen LogP contribution in [0.3, 0.4) is 0 Å². The van der Waals surface area contributed by atoms with Gasteiger partial charge >= 0.3 is 0 Å². The highest BCUT2D eigenvalue weighted by Gasteiger charge is 2.27. The number of phenols is 1. The van der Waals surface area contributed by atoms with E-state index in [9.17, 15) is 9.90 Å². The number of aromatic nitrogens is 3. The molecule has 0 saturated carbocycles. The van der Waals surface area contributed by atoms with Crippen molar-refractivity contribution in [1.29, 1.82) is 0 Å². The maximum Gasteiger partial charge on any atom is 0.292 e. The molecule has 0 bridgehead atoms. The summed E-state index contributed by atoms with van der Waals surface area (Å²) < 4.78 is 1.68. The molecule has 1 N–H and O–H groups in total. The van der Waals surface area contributed by atoms with Crippen molar-refractivity contribution in [3.63, 3.8) is 0 Å². The highest BCUT2D eigenvalue weighted by atomic mass is 32.1. The number of hydrogen-bond donors (Lipinski definition) is 1. The molecule has 3 aromatic rings. The minimum absolute atomic E-state index is 0.204. The van der Waals surface area contributed by atoms with Gasteiger partial charge in [-0.25, -0.2) is 4.52 Å². The van der Waals surface area contributed by atoms with E-state index >= 15 is 0 Å². The average Bonchev–Trinajstić information content (AvgIpc) is 2.88. The smallest absolute Gasteiger partial charge is 0.292 e. The minimum atomic E-state index is -0.343. The Morgan fingerprint density at radius 1 is 1.04 bits per heavy atom. The summed E-state index contributed by atoms with van der Waals surface area (Å²) in [4.78, 5) is 16.0. The van der Waals surface area contributed by atoms with Crippen molar-refractivity contribution in [2.24, 2.45) is 0 Å². The normalized spacial score (nSPS) is 12.7. The van der Waals surface area contributed by atoms with Crippen LogP contribution >= 0.6 is 11.3 Å². The fraction of sp³-hybridized carbons (Fsp3) is 0.421. The van der Waals surface area contributed by atoms with Crippen molar-refractivity contribution in [3.05, 3.63) is 45.2 Å². The molecule has 25 heavy (non-hydrogen) atoms. The van der Waals surface area contributed by atoms with Gasteiger partial charge in [0.2, 0.25) is 4.96 Å². The topological polar surface area (TPSA) is 67.5 Å². The van der Waals surface area contributed by atoms with Gasteiger partial charge in [0, 0.05) is 22.1 Å². The number of benzene rings is 1. The number of hydrogen-bond acceptors (Lipinski definition) is 5. The molecular weight excluding hydrogens is 334 g/mol. The largest absolute Gasteiger partial charge is 0.507 e. The first kappa shape index (κ1) is 17.6. The van der Waals surface area contributed by atoms with E-state index in [-0.39, 0.29) is 16.4 Å². The predicted molar refractivity (Wildman–Crippen MR) is 102 cm³/mol. The van der Waals surface area contributed by atoms with Crippen LogP contribution in [0.15, 0.2) is 28.5 Å². The highest BCUT2D eigenvalue weighted by molar-refractivity contribution is 7.15. The first-order valence-electron chi connectivity index (χ1n) is 8.20. The Bertz CT molecular complexity index is 969. The van der Waals surface area contributed by atoms with Crippen LogP contribution < -0.4 is 5.56 Å². The highest BCUT2D eigenvalue weighted by Crippen LogP contribution is 2.42. The molecular formula is C19H23N3O2S. The molecule has 0 radical (unpaired) electrons. The molecule has 0 saturated heterocycles. The zero-order chi connectivity index (χ0) is 18.6. The van der Waals surface area contributed by atoms with E-state index in [0.29, 0.717) is 10.7 Å². The first-order chi connectivity index (χ1) is 11.5. The van der Waals surface area contributed by atoms with Gasteiger partial charge in [-0.1, -0.05) is 41.5 Å². The zero-order valence-corrected chi connectivity index (χ0v) is 16.2. The van der Waals surface area contributed by atoms with Crippen LogP contribution in [-0.2, 0) is 10.8 Å². The lowest BCUT2D eigenvalue weighted by atomic mass is 9.78. The summed E-state index contributed by atoms with van der Waals surface area (Å²) in [6.45, 7) is 12.5. The standard InChI is InChI=1S/C19H23N3O2S/c1-18(2,3)12-7-11(8-13(16(12)24)19(4,5)6)14-10-25-17-21-15(23)9-20-22(14)17/h7-10,24H,1-6H3. The Balaban J connectivity index is 2.34. The third-order valence-corrected chi connectivity index (χ3v) is 5.01. The van der Waals surface area contributed by atoms with Gasteiger partial charge in [-0.15, -0.1) is 11.3 Å². The van der Waals surface area contributed by atoms with Gasteiger partial charge in [-0.3, -0.25) is 4.79 Å². The molecule has 132 valence electrons. The number of fused-ring (bicyclic) bond motifs is 1. The van der Waals surface area contributed by atoms with Crippen LogP contribution in [0.5, 0.6) is 5.75 Å². The van der Waals surface area contributed by atoms with Crippen LogP contribution in [0.2, 0.25) is 0 Å². The monoisotopic (exact) mass is 357 g/mol. The Morgan fingerprint density at radius 3 is 2.12 bits per heavy atom. The van der Waals surface area contributed by atoms with Gasteiger partial charge in [0.1, 0.15) is 11.9 Å². The second-order valence-corrected chi connectivity index (χ2v) is 9.17. The Kier molecular flexibility index (Phi) is 3.99. The van der Waals surface area contributed by atoms with Crippen LogP contribution in [-0.4, -0.2) is 19.7 Å². The molecule has 2 aromatic heterocycles. The molecule has 0 atom stereocenters. The Labute approximate surface area is 151 Å². The predicted octanol–water partition coefficient (Wildman–Crippen LogP) is 4.12. The average molecular weight is 357 g/mol. The van der Waals surface area contributed by atoms with E-state index in [1.54, 1.807) is 4.52 Å². The van der Waals surface area contributed by atoms with E-state index in [1.165, 1.54) is 17.5 Å². The molecule has 0 fully saturated rings. The molecule has 0 unspecified atom stereocenters. The third kappa shape index (κ3) is 3.18. The molecule has 0 amide bonds. The lowest BCUT2D eigenvalue weighted by Gasteiger charge is -2.28. The van der Waals surface area contributed by atoms with Crippen LogP contribution in [0.1, 0.15) is 52.7 Å². The number of thiazole rings is 1. The summed E-state index contributed by atoms with van der Waals surface area (Å²) in [5.41, 5.74) is 2.85. The summed E-state index contributed by atoms with van der Waals surface area (Å²) in [7, 11) is 0. The minimum Gasteiger partial charge on any atom is -0.507 e. The maximum absolute atomic E-state index is 11.4. The van der Waals surface area contributed by atoms with Gasteiger partial charge in [0.05, 0.1) is 5.69 Å². The van der Waals surface area contributed by atoms with Crippen molar-refractivity contribution in [2.45, 2.75) is 52.4 Å². The third-order valence-electron chi connectivity index (χ3n) is 4.20. The molecule has 0 spiro atoms. The second kappa shape index (κ2) is 5.66. The molecule has 0 aliphatic heterocycles. The quantitative estimate of drug-likeness (QED) is 0.711. The number of nitrogens with zero attached hydrogens (tertiary/aromatic N) is 3. The van der Waals surface area contributed by atoms with Gasteiger partial charge < -0.3 is 5.11 Å². The summed E-state index contributed by atoms with van der Waals surface area (Å²) in [5, 5.41) is 17.0. The van der Waals surface area contributed by atoms with E-state index in [4.69, 9.17) is 0 Å². The zero-order valence-electron chi connectivity index (χ0n) is 15.4. The summed E-state index contributed by atoms with van der Waals surface area (Å²) in [6, 6.07) is 4.01. The van der Waals surface area contributed by atoms with Gasteiger partial charge in [-0.2, -0.15) is 10.1 Å². The summed E-state index contributed by atoms with van der Waals surface area (Å²) in [5.74, 6) is 0.348. The second-order valence-electron chi connectivity index (χ2n) is 8.33. The van der Waals surface area contributed by atoms with Crippen molar-refractivity contribution >= 4 is 16.3 Å². The van der Waals surface area contributed by atoms with Crippen LogP contribution in [0.25, 0.3) is 16.2 Å². The van der Waals surface area contributed by atoms with E-state index < -0.39 is 0 Å². The van der Waals surface area contributed by atoms with Gasteiger partial charge in [0.25, 0.3) is 5.56 Å². The van der Waals surface area contributed by atoms with E-state index in [0.717, 1.165) is 22.4 Å². The van der Waals surface area contributed by atoms with E-state index in [1.807, 2.05) is 17.5 Å². The fourth-order valence-corrected chi connectivity index (χ4v) is 3.68. The van der Waals surface area contributed by atoms with Crippen LogP contribution in [0, 0.1) is 0 Å². The number of aromatic hydroxyl groups is 1. The van der Waals surface area contributed by atoms with Crippen LogP contribution in [0.4, 0.5) is 0 Å². The molecule has 5 nitrogen and oxygen atoms in total. The van der Waals surface area contributed by atoms with Crippen molar-refractivity contribution in [3.8, 4) is 17.0 Å². The molecule has 6 heteroatoms. The summed E-state index contributed by atoms with van der Waals surface area (Å²) >= 11 is 1.38. The first-order valence-corrected chi connectivity index (χ1v) is 9.08. The van der Waals surface area contributed by atoms with Gasteiger partial charge in [0.15, 0.2) is 0 Å². The SMILES string of the molecule is CC(C)(C)c1cc(-c2csc3nc(=O)cnn23)cc(C(C)(C)C)c1O. The van der Waals surface area contributed by atoms with Crippen molar-refractivity contribution < 1.29 is 5.11 Å². The van der Waals surface area contributed by atoms with Crippen molar-refractivity contribution in [2.75, 3.05) is 0 Å². The fourth-order valence-electron chi connectivity index (χ4n) is 2.84. The lowest BCUT2D eigenvalue weighted by molar-refractivity contribution is 0.423. The number of phenolic OH excluding ortho intramolecular Hbond substituents is 1. The molecule has 0 aliphatic carbocycles. The molecule has 0 aliphatic rings. The summed E-state index contributed by atoms with van der Waals surface area (Å²) in [6.07, 6.45) is 1.22. The molecule has 2 heterocycles. The lowest BCUT2D eigenvalue weighted by Crippen LogP contribution is -2.17. The molecule has 1 aromatic carbocycles. The Morgan fingerprint density at radius 2 is 1.60 bits per heavy atom.